The Balaban J connectivity index is 1.46. The van der Waals surface area contributed by atoms with Crippen molar-refractivity contribution in [3.05, 3.63) is 81.7 Å². The molecule has 3 rings (SSSR count). The first-order chi connectivity index (χ1) is 14.0. The van der Waals surface area contributed by atoms with E-state index < -0.39 is 11.9 Å². The first-order valence-electron chi connectivity index (χ1n) is 8.27. The first-order valence-corrected chi connectivity index (χ1v) is 9.44. The van der Waals surface area contributed by atoms with Gasteiger partial charge in [0.25, 0.3) is 5.91 Å². The van der Waals surface area contributed by atoms with Crippen LogP contribution >= 0.6 is 27.5 Å². The lowest BCUT2D eigenvalue weighted by atomic mass is 10.2. The van der Waals surface area contributed by atoms with Crippen LogP contribution in [-0.2, 0) is 4.79 Å². The number of carbonyl (C=O) groups excluding carboxylic acids is 2. The average molecular weight is 478 g/mol. The maximum atomic E-state index is 11.8. The van der Waals surface area contributed by atoms with Gasteiger partial charge < -0.3 is 13.9 Å². The van der Waals surface area contributed by atoms with Crippen molar-refractivity contribution < 1.29 is 23.5 Å². The predicted molar refractivity (Wildman–Crippen MR) is 110 cm³/mol. The molecule has 0 bridgehead atoms. The number of benzene rings is 2. The van der Waals surface area contributed by atoms with E-state index in [1.807, 2.05) is 0 Å². The van der Waals surface area contributed by atoms with Gasteiger partial charge >= 0.3 is 5.97 Å². The maximum Gasteiger partial charge on any atom is 0.379 e. The fraction of sp³-hybridized carbons (Fsp3) is 0.0500. The minimum Gasteiger partial charge on any atom is -0.483 e. The summed E-state index contributed by atoms with van der Waals surface area (Å²) in [4.78, 5) is 23.6. The molecule has 0 atom stereocenters. The molecule has 0 radical (unpaired) electrons. The van der Waals surface area contributed by atoms with Gasteiger partial charge in [0.2, 0.25) is 5.76 Å². The van der Waals surface area contributed by atoms with E-state index in [0.29, 0.717) is 26.6 Å². The van der Waals surface area contributed by atoms with Crippen molar-refractivity contribution in [1.82, 2.24) is 5.43 Å². The molecule has 0 aliphatic rings. The van der Waals surface area contributed by atoms with Gasteiger partial charge in [0, 0.05) is 5.02 Å². The molecule has 1 aromatic heterocycles. The summed E-state index contributed by atoms with van der Waals surface area (Å²) in [7, 11) is 0. The van der Waals surface area contributed by atoms with E-state index in [9.17, 15) is 9.59 Å². The van der Waals surface area contributed by atoms with E-state index >= 15 is 0 Å². The van der Waals surface area contributed by atoms with Crippen LogP contribution < -0.4 is 14.9 Å². The number of rotatable bonds is 7. The third kappa shape index (κ3) is 6.20. The van der Waals surface area contributed by atoms with Crippen LogP contribution in [0.4, 0.5) is 0 Å². The molecule has 1 N–H and O–H groups in total. The van der Waals surface area contributed by atoms with Crippen LogP contribution in [0.3, 0.4) is 0 Å². The number of furan rings is 1. The molecule has 0 aliphatic heterocycles. The van der Waals surface area contributed by atoms with Crippen LogP contribution in [0.1, 0.15) is 16.1 Å². The normalized spacial score (nSPS) is 10.7. The lowest BCUT2D eigenvalue weighted by Crippen LogP contribution is -2.24. The fourth-order valence-electron chi connectivity index (χ4n) is 2.12. The van der Waals surface area contributed by atoms with E-state index in [1.165, 1.54) is 18.5 Å². The number of amides is 1. The number of ether oxygens (including phenoxy) is 2. The van der Waals surface area contributed by atoms with Crippen molar-refractivity contribution in [2.75, 3.05) is 6.61 Å². The van der Waals surface area contributed by atoms with E-state index in [1.54, 1.807) is 48.5 Å². The first kappa shape index (κ1) is 20.6. The van der Waals surface area contributed by atoms with E-state index in [-0.39, 0.29) is 12.4 Å². The summed E-state index contributed by atoms with van der Waals surface area (Å²) in [5.74, 6) is -0.0444. The topological polar surface area (TPSA) is 90.1 Å². The molecule has 1 amide bonds. The number of hydrogen-bond donors (Lipinski definition) is 1. The molecule has 3 aromatic rings. The Hall–Kier alpha value is -3.10. The Labute approximate surface area is 179 Å². The van der Waals surface area contributed by atoms with Gasteiger partial charge in [-0.2, -0.15) is 5.10 Å². The Kier molecular flexibility index (Phi) is 7.04. The third-order valence-corrected chi connectivity index (χ3v) is 4.32. The molecule has 0 fully saturated rings. The highest BCUT2D eigenvalue weighted by molar-refractivity contribution is 9.10. The quantitative estimate of drug-likeness (QED) is 0.235. The number of hydrazone groups is 1. The zero-order valence-corrected chi connectivity index (χ0v) is 17.1. The van der Waals surface area contributed by atoms with Crippen molar-refractivity contribution in [1.29, 1.82) is 0 Å². The summed E-state index contributed by atoms with van der Waals surface area (Å²) in [6, 6.07) is 14.7. The minimum absolute atomic E-state index is 0.117. The average Bonchev–Trinajstić information content (AvgIpc) is 3.24. The molecular formula is C20H14BrClN2O5. The molecular weight excluding hydrogens is 464 g/mol. The van der Waals surface area contributed by atoms with Crippen LogP contribution in [0.2, 0.25) is 5.02 Å². The zero-order chi connectivity index (χ0) is 20.6. The number of nitrogens with zero attached hydrogens (tertiary/aromatic N) is 1. The van der Waals surface area contributed by atoms with Crippen molar-refractivity contribution >= 4 is 45.6 Å². The molecule has 9 heteroatoms. The molecule has 0 saturated heterocycles. The maximum absolute atomic E-state index is 11.8. The Morgan fingerprint density at radius 2 is 1.97 bits per heavy atom. The van der Waals surface area contributed by atoms with Gasteiger partial charge in [-0.25, -0.2) is 10.2 Å². The second kappa shape index (κ2) is 9.90. The van der Waals surface area contributed by atoms with Crippen molar-refractivity contribution in [2.45, 2.75) is 0 Å². The van der Waals surface area contributed by atoms with E-state index in [4.69, 9.17) is 25.5 Å². The molecule has 29 heavy (non-hydrogen) atoms. The van der Waals surface area contributed by atoms with Crippen LogP contribution in [0.5, 0.6) is 11.5 Å². The summed E-state index contributed by atoms with van der Waals surface area (Å²) in [6.07, 6.45) is 2.85. The highest BCUT2D eigenvalue weighted by atomic mass is 79.9. The zero-order valence-electron chi connectivity index (χ0n) is 14.8. The van der Waals surface area contributed by atoms with Gasteiger partial charge in [-0.3, -0.25) is 4.79 Å². The fourth-order valence-corrected chi connectivity index (χ4v) is 2.92. The largest absolute Gasteiger partial charge is 0.483 e. The number of carbonyl (C=O) groups is 2. The number of halogens is 2. The van der Waals surface area contributed by atoms with Crippen LogP contribution in [0.15, 0.2) is 74.9 Å². The highest BCUT2D eigenvalue weighted by Gasteiger charge is 2.11. The van der Waals surface area contributed by atoms with Gasteiger partial charge in [-0.1, -0.05) is 11.6 Å². The molecule has 7 nitrogen and oxygen atoms in total. The monoisotopic (exact) mass is 476 g/mol. The summed E-state index contributed by atoms with van der Waals surface area (Å²) in [6.45, 7) is -0.209. The lowest BCUT2D eigenvalue weighted by Gasteiger charge is -2.07. The highest BCUT2D eigenvalue weighted by Crippen LogP contribution is 2.27. The summed E-state index contributed by atoms with van der Waals surface area (Å²) in [5, 5.41) is 4.42. The van der Waals surface area contributed by atoms with Gasteiger partial charge in [0.05, 0.1) is 17.0 Å². The minimum atomic E-state index is -0.587. The van der Waals surface area contributed by atoms with Crippen molar-refractivity contribution in [3.8, 4) is 11.5 Å². The molecule has 1 heterocycles. The van der Waals surface area contributed by atoms with Crippen LogP contribution in [-0.4, -0.2) is 24.7 Å². The standard InChI is InChI=1S/C20H14BrClN2O5/c21-16-10-14(22)5-8-17(16)28-12-19(25)24-23-11-13-3-6-15(7-4-13)29-20(26)18-2-1-9-27-18/h1-11H,12H2,(H,24,25)/b23-11-. The number of hydrogen-bond acceptors (Lipinski definition) is 6. The molecule has 0 spiro atoms. The summed E-state index contributed by atoms with van der Waals surface area (Å²) in [5.41, 5.74) is 3.06. The Morgan fingerprint density at radius 3 is 2.66 bits per heavy atom. The third-order valence-electron chi connectivity index (χ3n) is 3.47. The number of nitrogens with one attached hydrogen (secondary N) is 1. The van der Waals surface area contributed by atoms with Crippen molar-refractivity contribution in [3.63, 3.8) is 0 Å². The van der Waals surface area contributed by atoms with Gasteiger partial charge in [-0.05, 0) is 76.1 Å². The lowest BCUT2D eigenvalue weighted by molar-refractivity contribution is -0.123. The molecule has 0 aliphatic carbocycles. The van der Waals surface area contributed by atoms with Crippen LogP contribution in [0.25, 0.3) is 0 Å². The van der Waals surface area contributed by atoms with Crippen molar-refractivity contribution in [2.24, 2.45) is 5.10 Å². The smallest absolute Gasteiger partial charge is 0.379 e. The Morgan fingerprint density at radius 1 is 1.17 bits per heavy atom. The second-order valence-corrected chi connectivity index (χ2v) is 6.88. The molecule has 2 aromatic carbocycles. The molecule has 148 valence electrons. The SMILES string of the molecule is O=C(COc1ccc(Cl)cc1Br)N/N=C\c1ccc(OC(=O)c2ccco2)cc1. The molecule has 0 unspecified atom stereocenters. The van der Waals surface area contributed by atoms with Gasteiger partial charge in [0.15, 0.2) is 6.61 Å². The van der Waals surface area contributed by atoms with E-state index in [2.05, 4.69) is 26.5 Å². The van der Waals surface area contributed by atoms with Crippen LogP contribution in [0, 0.1) is 0 Å². The van der Waals surface area contributed by atoms with Gasteiger partial charge in [-0.15, -0.1) is 0 Å². The summed E-state index contributed by atoms with van der Waals surface area (Å²) < 4.78 is 16.2. The molecule has 0 saturated carbocycles. The second-order valence-electron chi connectivity index (χ2n) is 5.59. The van der Waals surface area contributed by atoms with E-state index in [0.717, 1.165) is 0 Å². The number of esters is 1. The van der Waals surface area contributed by atoms with Gasteiger partial charge in [0.1, 0.15) is 11.5 Å². The summed E-state index contributed by atoms with van der Waals surface area (Å²) >= 11 is 9.16. The Bertz CT molecular complexity index is 1020. The predicted octanol–water partition coefficient (Wildman–Crippen LogP) is 4.44.